The molecule has 0 fully saturated rings. The van der Waals surface area contributed by atoms with Crippen molar-refractivity contribution in [3.63, 3.8) is 0 Å². The smallest absolute Gasteiger partial charge is 0.0661 e. The normalized spacial score (nSPS) is 11.5. The van der Waals surface area contributed by atoms with Crippen molar-refractivity contribution in [1.82, 2.24) is 0 Å². The van der Waals surface area contributed by atoms with E-state index in [0.29, 0.717) is 0 Å². The van der Waals surface area contributed by atoms with E-state index >= 15 is 0 Å². The third-order valence-electron chi connectivity index (χ3n) is 3.26. The van der Waals surface area contributed by atoms with Crippen LogP contribution in [0.25, 0.3) is 0 Å². The average molecular weight is 222 g/mol. The van der Waals surface area contributed by atoms with Gasteiger partial charge < -0.3 is 16.2 Å². The SMILES string of the molecule is CCC(CC)(CO)Nc1cc(C)ccc1N. The van der Waals surface area contributed by atoms with E-state index in [1.54, 1.807) is 0 Å². The van der Waals surface area contributed by atoms with Crippen molar-refractivity contribution in [3.05, 3.63) is 23.8 Å². The molecule has 0 saturated heterocycles. The summed E-state index contributed by atoms with van der Waals surface area (Å²) in [6.07, 6.45) is 1.74. The number of aryl methyl sites for hydroxylation is 1. The van der Waals surface area contributed by atoms with E-state index in [9.17, 15) is 5.11 Å². The average Bonchev–Trinajstić information content (AvgIpc) is 2.31. The quantitative estimate of drug-likeness (QED) is 0.671. The predicted molar refractivity (Wildman–Crippen MR) is 69.6 cm³/mol. The van der Waals surface area contributed by atoms with Gasteiger partial charge in [0.2, 0.25) is 0 Å². The minimum Gasteiger partial charge on any atom is -0.397 e. The Balaban J connectivity index is 2.97. The summed E-state index contributed by atoms with van der Waals surface area (Å²) >= 11 is 0. The molecular formula is C13H22N2O. The topological polar surface area (TPSA) is 58.3 Å². The molecule has 0 aromatic heterocycles. The molecule has 1 aromatic carbocycles. The minimum absolute atomic E-state index is 0.118. The van der Waals surface area contributed by atoms with Crippen molar-refractivity contribution in [2.45, 2.75) is 39.2 Å². The Kier molecular flexibility index (Phi) is 4.19. The van der Waals surface area contributed by atoms with Crippen molar-refractivity contribution in [2.24, 2.45) is 0 Å². The molecule has 90 valence electrons. The molecule has 3 nitrogen and oxygen atoms in total. The van der Waals surface area contributed by atoms with Crippen molar-refractivity contribution < 1.29 is 5.11 Å². The van der Waals surface area contributed by atoms with E-state index in [0.717, 1.165) is 29.8 Å². The zero-order valence-electron chi connectivity index (χ0n) is 10.4. The number of nitrogens with one attached hydrogen (secondary N) is 1. The van der Waals surface area contributed by atoms with Crippen LogP contribution < -0.4 is 11.1 Å². The highest BCUT2D eigenvalue weighted by atomic mass is 16.3. The summed E-state index contributed by atoms with van der Waals surface area (Å²) in [6, 6.07) is 5.90. The molecule has 0 aliphatic rings. The third-order valence-corrected chi connectivity index (χ3v) is 3.26. The van der Waals surface area contributed by atoms with Gasteiger partial charge in [0.1, 0.15) is 0 Å². The molecule has 0 amide bonds. The largest absolute Gasteiger partial charge is 0.397 e. The lowest BCUT2D eigenvalue weighted by Crippen LogP contribution is -2.41. The molecule has 0 aliphatic carbocycles. The zero-order valence-corrected chi connectivity index (χ0v) is 10.4. The van der Waals surface area contributed by atoms with Crippen LogP contribution in [0.2, 0.25) is 0 Å². The predicted octanol–water partition coefficient (Wildman–Crippen LogP) is 2.54. The number of nitrogens with two attached hydrogens (primary N) is 1. The van der Waals surface area contributed by atoms with Gasteiger partial charge in [-0.05, 0) is 37.5 Å². The molecule has 0 bridgehead atoms. The molecule has 4 N–H and O–H groups in total. The Morgan fingerprint density at radius 3 is 2.44 bits per heavy atom. The number of anilines is 2. The number of nitrogen functional groups attached to an aromatic ring is 1. The molecule has 3 heteroatoms. The fourth-order valence-corrected chi connectivity index (χ4v) is 1.75. The summed E-state index contributed by atoms with van der Waals surface area (Å²) < 4.78 is 0. The minimum atomic E-state index is -0.262. The van der Waals surface area contributed by atoms with E-state index in [1.165, 1.54) is 0 Å². The Labute approximate surface area is 97.7 Å². The van der Waals surface area contributed by atoms with E-state index in [2.05, 4.69) is 19.2 Å². The standard InChI is InChI=1S/C13H22N2O/c1-4-13(5-2,9-16)15-12-8-10(3)6-7-11(12)14/h6-8,15-16H,4-5,9,14H2,1-3H3. The van der Waals surface area contributed by atoms with Crippen molar-refractivity contribution in [3.8, 4) is 0 Å². The van der Waals surface area contributed by atoms with E-state index in [-0.39, 0.29) is 12.1 Å². The zero-order chi connectivity index (χ0) is 12.2. The molecule has 16 heavy (non-hydrogen) atoms. The number of hydrogen-bond acceptors (Lipinski definition) is 3. The highest BCUT2D eigenvalue weighted by molar-refractivity contribution is 5.67. The fourth-order valence-electron chi connectivity index (χ4n) is 1.75. The summed E-state index contributed by atoms with van der Waals surface area (Å²) in [5.74, 6) is 0. The molecule has 0 radical (unpaired) electrons. The first-order valence-corrected chi connectivity index (χ1v) is 5.82. The van der Waals surface area contributed by atoms with Gasteiger partial charge in [-0.15, -0.1) is 0 Å². The maximum absolute atomic E-state index is 9.49. The molecule has 1 rings (SSSR count). The van der Waals surface area contributed by atoms with E-state index in [1.807, 2.05) is 25.1 Å². The number of aliphatic hydroxyl groups excluding tert-OH is 1. The van der Waals surface area contributed by atoms with Crippen LogP contribution in [0.15, 0.2) is 18.2 Å². The summed E-state index contributed by atoms with van der Waals surface area (Å²) in [5.41, 5.74) is 8.46. The van der Waals surface area contributed by atoms with Crippen LogP contribution in [0, 0.1) is 6.92 Å². The number of aliphatic hydroxyl groups is 1. The summed E-state index contributed by atoms with van der Waals surface area (Å²) in [4.78, 5) is 0. The first kappa shape index (κ1) is 12.8. The van der Waals surface area contributed by atoms with E-state index in [4.69, 9.17) is 5.73 Å². The Morgan fingerprint density at radius 2 is 1.94 bits per heavy atom. The van der Waals surface area contributed by atoms with Gasteiger partial charge in [0.25, 0.3) is 0 Å². The Morgan fingerprint density at radius 1 is 1.31 bits per heavy atom. The highest BCUT2D eigenvalue weighted by Crippen LogP contribution is 2.27. The van der Waals surface area contributed by atoms with Gasteiger partial charge in [0, 0.05) is 0 Å². The van der Waals surface area contributed by atoms with Gasteiger partial charge >= 0.3 is 0 Å². The second kappa shape index (κ2) is 5.21. The van der Waals surface area contributed by atoms with Gasteiger partial charge in [0.05, 0.1) is 23.5 Å². The van der Waals surface area contributed by atoms with Crippen LogP contribution in [-0.2, 0) is 0 Å². The van der Waals surface area contributed by atoms with Crippen LogP contribution in [-0.4, -0.2) is 17.3 Å². The summed E-state index contributed by atoms with van der Waals surface area (Å²) in [6.45, 7) is 6.29. The summed E-state index contributed by atoms with van der Waals surface area (Å²) in [7, 11) is 0. The van der Waals surface area contributed by atoms with Crippen molar-refractivity contribution in [2.75, 3.05) is 17.7 Å². The Hall–Kier alpha value is -1.22. The van der Waals surface area contributed by atoms with Gasteiger partial charge in [-0.25, -0.2) is 0 Å². The summed E-state index contributed by atoms with van der Waals surface area (Å²) in [5, 5.41) is 12.9. The van der Waals surface area contributed by atoms with E-state index < -0.39 is 0 Å². The molecular weight excluding hydrogens is 200 g/mol. The second-order valence-corrected chi connectivity index (χ2v) is 4.36. The first-order valence-electron chi connectivity index (χ1n) is 5.82. The highest BCUT2D eigenvalue weighted by Gasteiger charge is 2.25. The van der Waals surface area contributed by atoms with Gasteiger partial charge in [-0.2, -0.15) is 0 Å². The lowest BCUT2D eigenvalue weighted by atomic mass is 9.93. The van der Waals surface area contributed by atoms with Crippen molar-refractivity contribution >= 4 is 11.4 Å². The number of rotatable bonds is 5. The maximum atomic E-state index is 9.49. The second-order valence-electron chi connectivity index (χ2n) is 4.36. The molecule has 0 aliphatic heterocycles. The van der Waals surface area contributed by atoms with Gasteiger partial charge in [0.15, 0.2) is 0 Å². The van der Waals surface area contributed by atoms with Crippen LogP contribution in [0.1, 0.15) is 32.3 Å². The lowest BCUT2D eigenvalue weighted by molar-refractivity contribution is 0.202. The van der Waals surface area contributed by atoms with Crippen molar-refractivity contribution in [1.29, 1.82) is 0 Å². The third kappa shape index (κ3) is 2.67. The lowest BCUT2D eigenvalue weighted by Gasteiger charge is -2.32. The number of benzene rings is 1. The molecule has 0 unspecified atom stereocenters. The number of hydrogen-bond donors (Lipinski definition) is 3. The molecule has 0 saturated carbocycles. The Bertz CT molecular complexity index is 338. The van der Waals surface area contributed by atoms with Crippen LogP contribution in [0.4, 0.5) is 11.4 Å². The fraction of sp³-hybridized carbons (Fsp3) is 0.538. The molecule has 0 spiro atoms. The van der Waals surface area contributed by atoms with Gasteiger partial charge in [-0.1, -0.05) is 19.9 Å². The first-order chi connectivity index (χ1) is 7.56. The molecule has 0 heterocycles. The van der Waals surface area contributed by atoms with Crippen LogP contribution in [0.3, 0.4) is 0 Å². The van der Waals surface area contributed by atoms with Gasteiger partial charge in [-0.3, -0.25) is 0 Å². The van der Waals surface area contributed by atoms with Crippen LogP contribution >= 0.6 is 0 Å². The van der Waals surface area contributed by atoms with Crippen LogP contribution in [0.5, 0.6) is 0 Å². The molecule has 1 aromatic rings. The monoisotopic (exact) mass is 222 g/mol. The maximum Gasteiger partial charge on any atom is 0.0661 e. The molecule has 0 atom stereocenters.